The van der Waals surface area contributed by atoms with E-state index in [1.54, 1.807) is 0 Å². The first kappa shape index (κ1) is 17.0. The van der Waals surface area contributed by atoms with Crippen LogP contribution in [0.4, 0.5) is 0 Å². The number of hydrogen-bond donors (Lipinski definition) is 0. The molecule has 0 aliphatic rings. The second kappa shape index (κ2) is 12.4. The zero-order chi connectivity index (χ0) is 12.2. The van der Waals surface area contributed by atoms with Crippen molar-refractivity contribution in [3.05, 3.63) is 0 Å². The van der Waals surface area contributed by atoms with Crippen LogP contribution < -0.4 is 0 Å². The highest BCUT2D eigenvalue weighted by Crippen LogP contribution is 2.19. The van der Waals surface area contributed by atoms with Gasteiger partial charge in [0.25, 0.3) is 0 Å². The zero-order valence-electron chi connectivity index (χ0n) is 11.0. The first-order chi connectivity index (χ1) is 7.70. The van der Waals surface area contributed by atoms with E-state index in [1.165, 1.54) is 62.0 Å². The minimum absolute atomic E-state index is 0.926. The summed E-state index contributed by atoms with van der Waals surface area (Å²) in [6, 6.07) is 0. The van der Waals surface area contributed by atoms with Gasteiger partial charge in [0.15, 0.2) is 0 Å². The lowest BCUT2D eigenvalue weighted by Crippen LogP contribution is -1.98. The van der Waals surface area contributed by atoms with Crippen LogP contribution in [0.5, 0.6) is 0 Å². The predicted molar refractivity (Wildman–Crippen MR) is 82.9 cm³/mol. The summed E-state index contributed by atoms with van der Waals surface area (Å²) in [5, 5.41) is 2.34. The molecule has 0 spiro atoms. The molecule has 0 saturated heterocycles. The highest BCUT2D eigenvalue weighted by molar-refractivity contribution is 9.09. The molecule has 0 saturated carbocycles. The van der Waals surface area contributed by atoms with Crippen molar-refractivity contribution in [1.82, 2.24) is 0 Å². The molecule has 16 heavy (non-hydrogen) atoms. The molecule has 0 N–H and O–H groups in total. The van der Waals surface area contributed by atoms with Gasteiger partial charge in [-0.05, 0) is 37.5 Å². The topological polar surface area (TPSA) is 0 Å². The van der Waals surface area contributed by atoms with Crippen molar-refractivity contribution in [2.75, 3.05) is 10.7 Å². The predicted octanol–water partition coefficient (Wildman–Crippen LogP) is 6.17. The van der Waals surface area contributed by atoms with Gasteiger partial charge in [-0.15, -0.1) is 0 Å². The lowest BCUT2D eigenvalue weighted by Gasteiger charge is -2.12. The van der Waals surface area contributed by atoms with Gasteiger partial charge in [0.2, 0.25) is 0 Å². The summed E-state index contributed by atoms with van der Waals surface area (Å²) in [6.45, 7) is 4.80. The van der Waals surface area contributed by atoms with E-state index < -0.39 is 0 Å². The van der Waals surface area contributed by atoms with Crippen LogP contribution in [0.25, 0.3) is 0 Å². The molecule has 0 aromatic heterocycles. The Balaban J connectivity index is 3.24. The zero-order valence-corrected chi connectivity index (χ0v) is 14.2. The van der Waals surface area contributed by atoms with E-state index in [9.17, 15) is 0 Å². The van der Waals surface area contributed by atoms with Crippen LogP contribution in [0.15, 0.2) is 0 Å². The van der Waals surface area contributed by atoms with Crippen molar-refractivity contribution < 1.29 is 0 Å². The first-order valence-electron chi connectivity index (χ1n) is 6.82. The van der Waals surface area contributed by atoms with E-state index in [1.807, 2.05) is 0 Å². The van der Waals surface area contributed by atoms with E-state index in [0.29, 0.717) is 0 Å². The van der Waals surface area contributed by atoms with Gasteiger partial charge in [0.1, 0.15) is 0 Å². The molecule has 2 heteroatoms. The second-order valence-electron chi connectivity index (χ2n) is 5.16. The Morgan fingerprint density at radius 2 is 0.938 bits per heavy atom. The van der Waals surface area contributed by atoms with Crippen molar-refractivity contribution in [3.8, 4) is 0 Å². The molecular weight excluding hydrogens is 328 g/mol. The maximum absolute atomic E-state index is 3.50. The largest absolute Gasteiger partial charge is 0.0928 e. The molecule has 0 radical (unpaired) electrons. The van der Waals surface area contributed by atoms with Crippen LogP contribution in [0.1, 0.15) is 65.2 Å². The van der Waals surface area contributed by atoms with Crippen LogP contribution in [0, 0.1) is 11.8 Å². The minimum atomic E-state index is 0.926. The standard InChI is InChI=1S/C14H28Br2/c1-13(9-5-11-15)7-3-4-8-14(2)10-6-12-16/h13-14H,3-12H2,1-2H3. The minimum Gasteiger partial charge on any atom is -0.0928 e. The molecule has 0 nitrogen and oxygen atoms in total. The van der Waals surface area contributed by atoms with E-state index >= 15 is 0 Å². The van der Waals surface area contributed by atoms with E-state index in [2.05, 4.69) is 45.7 Å². The molecule has 0 fully saturated rings. The summed E-state index contributed by atoms with van der Waals surface area (Å²) in [5.74, 6) is 1.85. The summed E-state index contributed by atoms with van der Waals surface area (Å²) in [6.07, 6.45) is 11.2. The smallest absolute Gasteiger partial charge is 0.00314 e. The Hall–Kier alpha value is 0.960. The van der Waals surface area contributed by atoms with Crippen molar-refractivity contribution in [2.24, 2.45) is 11.8 Å². The second-order valence-corrected chi connectivity index (χ2v) is 6.74. The van der Waals surface area contributed by atoms with Gasteiger partial charge in [0, 0.05) is 10.7 Å². The van der Waals surface area contributed by atoms with Gasteiger partial charge in [0.05, 0.1) is 0 Å². The van der Waals surface area contributed by atoms with Crippen molar-refractivity contribution in [3.63, 3.8) is 0 Å². The Bertz CT molecular complexity index is 121. The van der Waals surface area contributed by atoms with Crippen LogP contribution in [-0.2, 0) is 0 Å². The molecule has 0 aromatic rings. The number of hydrogen-bond acceptors (Lipinski definition) is 0. The number of alkyl halides is 2. The lowest BCUT2D eigenvalue weighted by molar-refractivity contribution is 0.418. The van der Waals surface area contributed by atoms with Crippen molar-refractivity contribution in [2.45, 2.75) is 65.2 Å². The molecule has 0 amide bonds. The molecule has 2 atom stereocenters. The van der Waals surface area contributed by atoms with Crippen LogP contribution >= 0.6 is 31.9 Å². The fourth-order valence-corrected chi connectivity index (χ4v) is 2.77. The van der Waals surface area contributed by atoms with Crippen molar-refractivity contribution >= 4 is 31.9 Å². The Labute approximate surface area is 119 Å². The molecule has 0 heterocycles. The third kappa shape index (κ3) is 11.4. The Morgan fingerprint density at radius 3 is 1.25 bits per heavy atom. The van der Waals surface area contributed by atoms with Crippen LogP contribution in [-0.4, -0.2) is 10.7 Å². The van der Waals surface area contributed by atoms with Gasteiger partial charge in [-0.25, -0.2) is 0 Å². The van der Waals surface area contributed by atoms with Crippen LogP contribution in [0.2, 0.25) is 0 Å². The molecule has 0 rings (SSSR count). The fourth-order valence-electron chi connectivity index (χ4n) is 2.13. The normalized spacial score (nSPS) is 15.0. The monoisotopic (exact) mass is 354 g/mol. The fraction of sp³-hybridized carbons (Fsp3) is 1.00. The molecule has 0 bridgehead atoms. The molecular formula is C14H28Br2. The summed E-state index contributed by atoms with van der Waals surface area (Å²) >= 11 is 7.00. The van der Waals surface area contributed by atoms with E-state index in [4.69, 9.17) is 0 Å². The summed E-state index contributed by atoms with van der Waals surface area (Å²) < 4.78 is 0. The maximum Gasteiger partial charge on any atom is 0.00314 e. The summed E-state index contributed by atoms with van der Waals surface area (Å²) in [4.78, 5) is 0. The molecule has 98 valence electrons. The van der Waals surface area contributed by atoms with E-state index in [-0.39, 0.29) is 0 Å². The van der Waals surface area contributed by atoms with Crippen molar-refractivity contribution in [1.29, 1.82) is 0 Å². The lowest BCUT2D eigenvalue weighted by atomic mass is 9.95. The molecule has 2 unspecified atom stereocenters. The van der Waals surface area contributed by atoms with Gasteiger partial charge >= 0.3 is 0 Å². The Morgan fingerprint density at radius 1 is 0.625 bits per heavy atom. The number of halogens is 2. The van der Waals surface area contributed by atoms with Gasteiger partial charge < -0.3 is 0 Å². The average molecular weight is 356 g/mol. The number of rotatable bonds is 11. The summed E-state index contributed by atoms with van der Waals surface area (Å²) in [7, 11) is 0. The van der Waals surface area contributed by atoms with Gasteiger partial charge in [-0.1, -0.05) is 71.4 Å². The highest BCUT2D eigenvalue weighted by atomic mass is 79.9. The number of unbranched alkanes of at least 4 members (excludes halogenated alkanes) is 1. The SMILES string of the molecule is CC(CCCBr)CCCCC(C)CCCBr. The van der Waals surface area contributed by atoms with Gasteiger partial charge in [-0.3, -0.25) is 0 Å². The first-order valence-corrected chi connectivity index (χ1v) is 9.07. The van der Waals surface area contributed by atoms with E-state index in [0.717, 1.165) is 11.8 Å². The Kier molecular flexibility index (Phi) is 13.2. The quantitative estimate of drug-likeness (QED) is 0.307. The van der Waals surface area contributed by atoms with Crippen LogP contribution in [0.3, 0.4) is 0 Å². The highest BCUT2D eigenvalue weighted by Gasteiger charge is 2.04. The molecule has 0 aromatic carbocycles. The third-order valence-corrected chi connectivity index (χ3v) is 4.43. The average Bonchev–Trinajstić information content (AvgIpc) is 2.29. The maximum atomic E-state index is 3.50. The van der Waals surface area contributed by atoms with Gasteiger partial charge in [-0.2, -0.15) is 0 Å². The molecule has 0 aliphatic carbocycles. The summed E-state index contributed by atoms with van der Waals surface area (Å²) in [5.41, 5.74) is 0. The molecule has 0 aliphatic heterocycles. The third-order valence-electron chi connectivity index (χ3n) is 3.30.